The molecule has 0 fully saturated rings. The third-order valence-corrected chi connectivity index (χ3v) is 8.10. The Balaban J connectivity index is 1.71. The number of benzene rings is 4. The molecule has 216 valence electrons. The number of furan rings is 1. The van der Waals surface area contributed by atoms with E-state index in [1.54, 1.807) is 12.1 Å². The molecule has 0 radical (unpaired) electrons. The Kier molecular flexibility index (Phi) is 8.28. The average Bonchev–Trinajstić information content (AvgIpc) is 3.36. The standard InChI is InChI=1S/C32H30FN3O5S/c1-35(25-12-8-5-9-13-25)18-19-36(42(3,38)39)28-21-29-27(20-26(28)22-10-6-4-7-11-22)30(32(37)34-40-2)31(41-29)23-14-16-24(33)17-15-23/h4-17,20-21H,18-19H2,1-3H3,(H,34,37). The van der Waals surface area contributed by atoms with E-state index in [1.165, 1.54) is 35.7 Å². The van der Waals surface area contributed by atoms with Gasteiger partial charge in [0.2, 0.25) is 10.0 Å². The number of carbonyl (C=O) groups excluding carboxylic acids is 1. The maximum absolute atomic E-state index is 13.7. The largest absolute Gasteiger partial charge is 0.455 e. The second-order valence-corrected chi connectivity index (χ2v) is 11.7. The first-order chi connectivity index (χ1) is 20.2. The number of likely N-dealkylation sites (N-methyl/N-ethyl adjacent to an activating group) is 1. The molecule has 1 amide bonds. The lowest BCUT2D eigenvalue weighted by atomic mass is 9.98. The molecule has 4 aromatic carbocycles. The summed E-state index contributed by atoms with van der Waals surface area (Å²) in [6.45, 7) is 0.557. The maximum atomic E-state index is 13.7. The normalized spacial score (nSPS) is 11.4. The van der Waals surface area contributed by atoms with E-state index in [0.717, 1.165) is 17.5 Å². The number of anilines is 2. The summed E-state index contributed by atoms with van der Waals surface area (Å²) in [6, 6.07) is 28.0. The van der Waals surface area contributed by atoms with Crippen molar-refractivity contribution < 1.29 is 26.9 Å². The van der Waals surface area contributed by atoms with Crippen molar-refractivity contribution in [3.63, 3.8) is 0 Å². The summed E-state index contributed by atoms with van der Waals surface area (Å²) in [7, 11) is -0.533. The van der Waals surface area contributed by atoms with Gasteiger partial charge < -0.3 is 9.32 Å². The van der Waals surface area contributed by atoms with Crippen LogP contribution in [0.2, 0.25) is 0 Å². The number of halogens is 1. The molecule has 5 aromatic rings. The topological polar surface area (TPSA) is 92.1 Å². The van der Waals surface area contributed by atoms with Gasteiger partial charge in [0, 0.05) is 41.9 Å². The van der Waals surface area contributed by atoms with Crippen molar-refractivity contribution in [2.75, 3.05) is 42.7 Å². The molecule has 0 aliphatic carbocycles. The smallest absolute Gasteiger partial charge is 0.279 e. The Hall–Kier alpha value is -4.67. The summed E-state index contributed by atoms with van der Waals surface area (Å²) in [5.41, 5.74) is 5.98. The molecule has 1 aromatic heterocycles. The Morgan fingerprint density at radius 2 is 1.55 bits per heavy atom. The molecule has 0 unspecified atom stereocenters. The zero-order valence-corrected chi connectivity index (χ0v) is 24.2. The van der Waals surface area contributed by atoms with Gasteiger partial charge in [0.05, 0.1) is 31.2 Å². The summed E-state index contributed by atoms with van der Waals surface area (Å²) in [4.78, 5) is 20.1. The van der Waals surface area contributed by atoms with E-state index < -0.39 is 21.7 Å². The first-order valence-corrected chi connectivity index (χ1v) is 15.0. The Labute approximate surface area is 243 Å². The van der Waals surface area contributed by atoms with Crippen LogP contribution in [-0.4, -0.2) is 47.8 Å². The molecule has 1 N–H and O–H groups in total. The highest BCUT2D eigenvalue weighted by atomic mass is 32.2. The van der Waals surface area contributed by atoms with E-state index in [4.69, 9.17) is 9.25 Å². The Morgan fingerprint density at radius 3 is 2.17 bits per heavy atom. The fourth-order valence-electron chi connectivity index (χ4n) is 4.88. The van der Waals surface area contributed by atoms with Crippen LogP contribution < -0.4 is 14.7 Å². The van der Waals surface area contributed by atoms with Crippen LogP contribution in [0.4, 0.5) is 15.8 Å². The molecule has 0 atom stereocenters. The van der Waals surface area contributed by atoms with Crippen LogP contribution in [0, 0.1) is 5.82 Å². The first kappa shape index (κ1) is 28.8. The van der Waals surface area contributed by atoms with Gasteiger partial charge in [0.1, 0.15) is 17.2 Å². The number of hydroxylamine groups is 1. The number of hydrogen-bond acceptors (Lipinski definition) is 6. The molecule has 5 rings (SSSR count). The second-order valence-electron chi connectivity index (χ2n) is 9.77. The van der Waals surface area contributed by atoms with E-state index in [2.05, 4.69) is 5.48 Å². The zero-order valence-electron chi connectivity index (χ0n) is 23.4. The lowest BCUT2D eigenvalue weighted by molar-refractivity contribution is 0.0539. The number of para-hydroxylation sites is 1. The molecular formula is C32H30FN3O5S. The van der Waals surface area contributed by atoms with E-state index >= 15 is 0 Å². The van der Waals surface area contributed by atoms with Crippen molar-refractivity contribution in [3.8, 4) is 22.5 Å². The van der Waals surface area contributed by atoms with Crippen LogP contribution in [0.1, 0.15) is 10.4 Å². The summed E-state index contributed by atoms with van der Waals surface area (Å²) >= 11 is 0. The number of carbonyl (C=O) groups is 1. The summed E-state index contributed by atoms with van der Waals surface area (Å²) in [5, 5.41) is 0.446. The zero-order chi connectivity index (χ0) is 29.9. The minimum Gasteiger partial charge on any atom is -0.455 e. The molecule has 0 aliphatic heterocycles. The molecule has 1 heterocycles. The van der Waals surface area contributed by atoms with Crippen LogP contribution in [0.5, 0.6) is 0 Å². The fraction of sp³-hybridized carbons (Fsp3) is 0.156. The molecule has 42 heavy (non-hydrogen) atoms. The van der Waals surface area contributed by atoms with Crippen molar-refractivity contribution in [2.24, 2.45) is 0 Å². The SMILES string of the molecule is CONC(=O)c1c(-c2ccc(F)cc2)oc2cc(N(CCN(C)c3ccccc3)S(C)(=O)=O)c(-c3ccccc3)cc12. The molecule has 8 nitrogen and oxygen atoms in total. The highest BCUT2D eigenvalue weighted by molar-refractivity contribution is 7.92. The van der Waals surface area contributed by atoms with Crippen LogP contribution in [0.15, 0.2) is 101 Å². The number of nitrogens with one attached hydrogen (secondary N) is 1. The maximum Gasteiger partial charge on any atom is 0.279 e. The predicted molar refractivity (Wildman–Crippen MR) is 163 cm³/mol. The van der Waals surface area contributed by atoms with E-state index in [1.807, 2.05) is 72.6 Å². The predicted octanol–water partition coefficient (Wildman–Crippen LogP) is 6.10. The highest BCUT2D eigenvalue weighted by Gasteiger charge is 2.28. The lowest BCUT2D eigenvalue weighted by Gasteiger charge is -2.28. The van der Waals surface area contributed by atoms with Crippen molar-refractivity contribution in [1.29, 1.82) is 0 Å². The summed E-state index contributed by atoms with van der Waals surface area (Å²) in [6.07, 6.45) is 1.16. The highest BCUT2D eigenvalue weighted by Crippen LogP contribution is 2.41. The van der Waals surface area contributed by atoms with Crippen molar-refractivity contribution >= 4 is 38.3 Å². The van der Waals surface area contributed by atoms with Crippen LogP contribution in [0.3, 0.4) is 0 Å². The number of nitrogens with zero attached hydrogens (tertiary/aromatic N) is 2. The fourth-order valence-corrected chi connectivity index (χ4v) is 5.80. The number of rotatable bonds is 10. The molecule has 0 bridgehead atoms. The van der Waals surface area contributed by atoms with E-state index in [9.17, 15) is 17.6 Å². The minimum atomic E-state index is -3.76. The quantitative estimate of drug-likeness (QED) is 0.199. The second kappa shape index (κ2) is 12.1. The van der Waals surface area contributed by atoms with Crippen LogP contribution in [0.25, 0.3) is 33.4 Å². The van der Waals surface area contributed by atoms with Crippen LogP contribution in [-0.2, 0) is 14.9 Å². The monoisotopic (exact) mass is 587 g/mol. The third-order valence-electron chi connectivity index (χ3n) is 6.92. The van der Waals surface area contributed by atoms with E-state index in [-0.39, 0.29) is 23.5 Å². The molecule has 0 spiro atoms. The Morgan fingerprint density at radius 1 is 0.905 bits per heavy atom. The Bertz CT molecular complexity index is 1810. The number of sulfonamides is 1. The first-order valence-electron chi connectivity index (χ1n) is 13.2. The van der Waals surface area contributed by atoms with Gasteiger partial charge in [-0.1, -0.05) is 48.5 Å². The van der Waals surface area contributed by atoms with Gasteiger partial charge >= 0.3 is 0 Å². The van der Waals surface area contributed by atoms with Gasteiger partial charge in [-0.2, -0.15) is 0 Å². The number of amides is 1. The summed E-state index contributed by atoms with van der Waals surface area (Å²) < 4.78 is 47.8. The van der Waals surface area contributed by atoms with E-state index in [0.29, 0.717) is 28.7 Å². The van der Waals surface area contributed by atoms with Gasteiger partial charge in [-0.05, 0) is 48.0 Å². The van der Waals surface area contributed by atoms with Crippen molar-refractivity contribution in [2.45, 2.75) is 0 Å². The van der Waals surface area contributed by atoms with Gasteiger partial charge in [-0.15, -0.1) is 0 Å². The molecule has 0 saturated carbocycles. The molecule has 10 heteroatoms. The molecule has 0 aliphatic rings. The minimum absolute atomic E-state index is 0.151. The van der Waals surface area contributed by atoms with Gasteiger partial charge in [0.15, 0.2) is 0 Å². The van der Waals surface area contributed by atoms with Gasteiger partial charge in [0.25, 0.3) is 5.91 Å². The van der Waals surface area contributed by atoms with Crippen molar-refractivity contribution in [1.82, 2.24) is 5.48 Å². The molecule has 0 saturated heterocycles. The average molecular weight is 588 g/mol. The van der Waals surface area contributed by atoms with Crippen molar-refractivity contribution in [3.05, 3.63) is 108 Å². The molecular weight excluding hydrogens is 557 g/mol. The van der Waals surface area contributed by atoms with Gasteiger partial charge in [-0.3, -0.25) is 13.9 Å². The third kappa shape index (κ3) is 6.00. The number of hydrogen-bond donors (Lipinski definition) is 1. The van der Waals surface area contributed by atoms with Crippen LogP contribution >= 0.6 is 0 Å². The number of fused-ring (bicyclic) bond motifs is 1. The lowest BCUT2D eigenvalue weighted by Crippen LogP contribution is -2.37. The van der Waals surface area contributed by atoms with Gasteiger partial charge in [-0.25, -0.2) is 18.3 Å². The summed E-state index contributed by atoms with van der Waals surface area (Å²) in [5.74, 6) is -0.798.